The zero-order valence-electron chi connectivity index (χ0n) is 11.3. The van der Waals surface area contributed by atoms with Gasteiger partial charge in [0.05, 0.1) is 5.69 Å². The van der Waals surface area contributed by atoms with E-state index in [0.717, 1.165) is 29.7 Å². The molecule has 1 heterocycles. The van der Waals surface area contributed by atoms with Crippen LogP contribution in [0.15, 0.2) is 22.7 Å². The van der Waals surface area contributed by atoms with Crippen LogP contribution in [0.5, 0.6) is 0 Å². The van der Waals surface area contributed by atoms with Gasteiger partial charge in [-0.3, -0.25) is 4.79 Å². The number of carbonyl (C=O) groups excluding carboxylic acids is 1. The first-order chi connectivity index (χ1) is 9.15. The van der Waals surface area contributed by atoms with Crippen LogP contribution >= 0.6 is 15.9 Å². The van der Waals surface area contributed by atoms with Crippen LogP contribution in [0.25, 0.3) is 0 Å². The fraction of sp³-hybridized carbons (Fsp3) is 0.533. The van der Waals surface area contributed by atoms with Gasteiger partial charge in [0.2, 0.25) is 5.91 Å². The van der Waals surface area contributed by atoms with E-state index in [-0.39, 0.29) is 5.91 Å². The van der Waals surface area contributed by atoms with Gasteiger partial charge in [-0.15, -0.1) is 0 Å². The fourth-order valence-electron chi connectivity index (χ4n) is 2.44. The molecule has 19 heavy (non-hydrogen) atoms. The lowest BCUT2D eigenvalue weighted by atomic mass is 9.94. The Balaban J connectivity index is 1.80. The van der Waals surface area contributed by atoms with Gasteiger partial charge in [0.15, 0.2) is 0 Å². The number of anilines is 1. The predicted molar refractivity (Wildman–Crippen MR) is 82.3 cm³/mol. The number of rotatable bonds is 4. The van der Waals surface area contributed by atoms with Crippen molar-refractivity contribution in [1.82, 2.24) is 5.32 Å². The molecule has 1 aliphatic rings. The van der Waals surface area contributed by atoms with Gasteiger partial charge in [-0.25, -0.2) is 0 Å². The Morgan fingerprint density at radius 2 is 2.37 bits per heavy atom. The van der Waals surface area contributed by atoms with Crippen molar-refractivity contribution in [2.24, 2.45) is 5.92 Å². The summed E-state index contributed by atoms with van der Waals surface area (Å²) in [6, 6.07) is 5.96. The molecule has 0 spiro atoms. The lowest BCUT2D eigenvalue weighted by molar-refractivity contribution is -0.116. The second-order valence-electron chi connectivity index (χ2n) is 5.28. The van der Waals surface area contributed by atoms with Gasteiger partial charge in [0.1, 0.15) is 0 Å². The van der Waals surface area contributed by atoms with Crippen molar-refractivity contribution >= 4 is 27.5 Å². The lowest BCUT2D eigenvalue weighted by Crippen LogP contribution is -2.30. The topological polar surface area (TPSA) is 41.1 Å². The van der Waals surface area contributed by atoms with Crippen molar-refractivity contribution < 1.29 is 4.79 Å². The van der Waals surface area contributed by atoms with E-state index in [2.05, 4.69) is 26.6 Å². The third kappa shape index (κ3) is 4.62. The molecule has 3 nitrogen and oxygen atoms in total. The van der Waals surface area contributed by atoms with Crippen molar-refractivity contribution in [2.75, 3.05) is 18.4 Å². The molecule has 1 aromatic carbocycles. The summed E-state index contributed by atoms with van der Waals surface area (Å²) in [7, 11) is 0. The van der Waals surface area contributed by atoms with E-state index in [1.54, 1.807) is 0 Å². The van der Waals surface area contributed by atoms with E-state index in [1.165, 1.54) is 18.4 Å². The molecule has 1 aliphatic heterocycles. The summed E-state index contributed by atoms with van der Waals surface area (Å²) in [6.45, 7) is 4.22. The molecule has 2 rings (SSSR count). The maximum Gasteiger partial charge on any atom is 0.224 e. The summed E-state index contributed by atoms with van der Waals surface area (Å²) in [6.07, 6.45) is 4.05. The van der Waals surface area contributed by atoms with Crippen molar-refractivity contribution in [3.05, 3.63) is 28.2 Å². The van der Waals surface area contributed by atoms with E-state index in [1.807, 2.05) is 25.1 Å². The average Bonchev–Trinajstić information content (AvgIpc) is 2.41. The Hall–Kier alpha value is -0.870. The van der Waals surface area contributed by atoms with Gasteiger partial charge in [-0.05, 0) is 78.8 Å². The van der Waals surface area contributed by atoms with Crippen LogP contribution in [0.2, 0.25) is 0 Å². The fourth-order valence-corrected chi connectivity index (χ4v) is 3.03. The third-order valence-electron chi connectivity index (χ3n) is 3.58. The molecule has 1 amide bonds. The summed E-state index contributed by atoms with van der Waals surface area (Å²) >= 11 is 3.48. The van der Waals surface area contributed by atoms with Gasteiger partial charge in [-0.2, -0.15) is 0 Å². The monoisotopic (exact) mass is 324 g/mol. The second-order valence-corrected chi connectivity index (χ2v) is 6.14. The molecule has 2 N–H and O–H groups in total. The molecule has 0 bridgehead atoms. The standard InChI is InChI=1S/C15H21BrN2O/c1-11-4-6-14(13(16)9-11)18-15(19)7-5-12-3-2-8-17-10-12/h4,6,9,12,17H,2-3,5,7-8,10H2,1H3,(H,18,19). The number of halogens is 1. The van der Waals surface area contributed by atoms with E-state index in [9.17, 15) is 4.79 Å². The van der Waals surface area contributed by atoms with Crippen molar-refractivity contribution in [1.29, 1.82) is 0 Å². The number of amides is 1. The minimum atomic E-state index is 0.107. The Labute approximate surface area is 123 Å². The van der Waals surface area contributed by atoms with Gasteiger partial charge in [-0.1, -0.05) is 6.07 Å². The number of hydrogen-bond acceptors (Lipinski definition) is 2. The highest BCUT2D eigenvalue weighted by molar-refractivity contribution is 9.10. The van der Waals surface area contributed by atoms with Crippen LogP contribution in [0.3, 0.4) is 0 Å². The maximum atomic E-state index is 11.9. The number of carbonyl (C=O) groups is 1. The lowest BCUT2D eigenvalue weighted by Gasteiger charge is -2.22. The van der Waals surface area contributed by atoms with Gasteiger partial charge in [0.25, 0.3) is 0 Å². The molecule has 104 valence electrons. The first-order valence-corrected chi connectivity index (χ1v) is 7.71. The van der Waals surface area contributed by atoms with Gasteiger partial charge in [0, 0.05) is 10.9 Å². The normalized spacial score (nSPS) is 19.2. The highest BCUT2D eigenvalue weighted by Crippen LogP contribution is 2.24. The molecule has 0 aliphatic carbocycles. The molecule has 1 aromatic rings. The smallest absolute Gasteiger partial charge is 0.224 e. The molecule has 4 heteroatoms. The first kappa shape index (κ1) is 14.5. The van der Waals surface area contributed by atoms with Crippen LogP contribution in [0, 0.1) is 12.8 Å². The van der Waals surface area contributed by atoms with Crippen molar-refractivity contribution in [3.8, 4) is 0 Å². The Morgan fingerprint density at radius 1 is 1.53 bits per heavy atom. The molecule has 1 fully saturated rings. The average molecular weight is 325 g/mol. The molecular formula is C15H21BrN2O. The molecule has 0 aromatic heterocycles. The Kier molecular flexibility index (Phi) is 5.40. The van der Waals surface area contributed by atoms with Crippen molar-refractivity contribution in [3.63, 3.8) is 0 Å². The molecule has 1 unspecified atom stereocenters. The minimum absolute atomic E-state index is 0.107. The summed E-state index contributed by atoms with van der Waals surface area (Å²) in [5, 5.41) is 6.36. The highest BCUT2D eigenvalue weighted by Gasteiger charge is 2.14. The zero-order chi connectivity index (χ0) is 13.7. The number of nitrogens with one attached hydrogen (secondary N) is 2. The molecule has 1 saturated heterocycles. The number of benzene rings is 1. The van der Waals surface area contributed by atoms with Gasteiger partial charge >= 0.3 is 0 Å². The third-order valence-corrected chi connectivity index (χ3v) is 4.23. The molecular weight excluding hydrogens is 304 g/mol. The van der Waals surface area contributed by atoms with E-state index >= 15 is 0 Å². The first-order valence-electron chi connectivity index (χ1n) is 6.92. The molecule has 1 atom stereocenters. The van der Waals surface area contributed by atoms with E-state index in [0.29, 0.717) is 12.3 Å². The summed E-state index contributed by atoms with van der Waals surface area (Å²) in [5.74, 6) is 0.760. The van der Waals surface area contributed by atoms with Crippen LogP contribution in [0.1, 0.15) is 31.2 Å². The maximum absolute atomic E-state index is 11.9. The largest absolute Gasteiger partial charge is 0.325 e. The van der Waals surface area contributed by atoms with Crippen molar-refractivity contribution in [2.45, 2.75) is 32.6 Å². The van der Waals surface area contributed by atoms with Crippen LogP contribution < -0.4 is 10.6 Å². The Morgan fingerprint density at radius 3 is 3.05 bits per heavy atom. The van der Waals surface area contributed by atoms with Crippen LogP contribution in [-0.4, -0.2) is 19.0 Å². The minimum Gasteiger partial charge on any atom is -0.325 e. The molecule has 0 saturated carbocycles. The number of hydrogen-bond donors (Lipinski definition) is 2. The highest BCUT2D eigenvalue weighted by atomic mass is 79.9. The zero-order valence-corrected chi connectivity index (χ0v) is 12.9. The van der Waals surface area contributed by atoms with Crippen LogP contribution in [0.4, 0.5) is 5.69 Å². The number of piperidine rings is 1. The molecule has 0 radical (unpaired) electrons. The predicted octanol–water partition coefficient (Wildman–Crippen LogP) is 3.48. The van der Waals surface area contributed by atoms with E-state index in [4.69, 9.17) is 0 Å². The van der Waals surface area contributed by atoms with Gasteiger partial charge < -0.3 is 10.6 Å². The summed E-state index contributed by atoms with van der Waals surface area (Å²) < 4.78 is 0.945. The summed E-state index contributed by atoms with van der Waals surface area (Å²) in [4.78, 5) is 11.9. The second kappa shape index (κ2) is 7.06. The Bertz CT molecular complexity index is 442. The van der Waals surface area contributed by atoms with Crippen LogP contribution in [-0.2, 0) is 4.79 Å². The van der Waals surface area contributed by atoms with E-state index < -0.39 is 0 Å². The quantitative estimate of drug-likeness (QED) is 0.890. The number of aryl methyl sites for hydroxylation is 1. The summed E-state index contributed by atoms with van der Waals surface area (Å²) in [5.41, 5.74) is 2.04. The SMILES string of the molecule is Cc1ccc(NC(=O)CCC2CCCNC2)c(Br)c1.